The number of hydrogen-bond acceptors (Lipinski definition) is 3. The van der Waals surface area contributed by atoms with Crippen molar-refractivity contribution >= 4 is 17.6 Å². The van der Waals surface area contributed by atoms with E-state index < -0.39 is 29.9 Å². The predicted octanol–water partition coefficient (Wildman–Crippen LogP) is 5.57. The number of carbonyl (C=O) groups is 2. The Bertz CT molecular complexity index is 1040. The van der Waals surface area contributed by atoms with Crippen LogP contribution in [-0.2, 0) is 9.59 Å². The molecule has 2 aliphatic rings. The topological polar surface area (TPSA) is 66.8 Å². The quantitative estimate of drug-likeness (QED) is 0.289. The van der Waals surface area contributed by atoms with Crippen molar-refractivity contribution in [3.05, 3.63) is 72.1 Å². The maximum atomic E-state index is 14.8. The van der Waals surface area contributed by atoms with Gasteiger partial charge in [0.25, 0.3) is 0 Å². The van der Waals surface area contributed by atoms with Crippen LogP contribution in [0.15, 0.2) is 55.1 Å². The van der Waals surface area contributed by atoms with Gasteiger partial charge < -0.3 is 14.7 Å². The molecule has 0 saturated carbocycles. The van der Waals surface area contributed by atoms with Crippen molar-refractivity contribution in [2.24, 2.45) is 5.92 Å². The van der Waals surface area contributed by atoms with Crippen LogP contribution in [0.5, 0.6) is 5.75 Å². The third-order valence-electron chi connectivity index (χ3n) is 6.44. The maximum absolute atomic E-state index is 14.8. The fraction of sp³-hybridized carbons (Fsp3) is 0.385. The summed E-state index contributed by atoms with van der Waals surface area (Å²) in [5, 5.41) is 9.23. The minimum atomic E-state index is -1.13. The number of fused-ring (bicyclic) bond motifs is 1. The van der Waals surface area contributed by atoms with Gasteiger partial charge in [0.05, 0.1) is 25.0 Å². The lowest BCUT2D eigenvalue weighted by Crippen LogP contribution is -2.56. The lowest BCUT2D eigenvalue weighted by atomic mass is 9.77. The average Bonchev–Trinajstić information content (AvgIpc) is 3.19. The van der Waals surface area contributed by atoms with Crippen molar-refractivity contribution in [1.29, 1.82) is 0 Å². The molecule has 4 rings (SSSR count). The Morgan fingerprint density at radius 3 is 2.67 bits per heavy atom. The van der Waals surface area contributed by atoms with Gasteiger partial charge in [0.1, 0.15) is 17.7 Å². The van der Waals surface area contributed by atoms with Gasteiger partial charge in [0.15, 0.2) is 0 Å². The zero-order valence-electron chi connectivity index (χ0n) is 18.3. The average molecular weight is 456 g/mol. The number of ether oxygens (including phenoxy) is 1. The first-order valence-corrected chi connectivity index (χ1v) is 11.2. The number of anilines is 1. The predicted molar refractivity (Wildman–Crippen MR) is 121 cm³/mol. The Hall–Kier alpha value is -3.22. The van der Waals surface area contributed by atoms with E-state index in [1.807, 2.05) is 18.2 Å². The van der Waals surface area contributed by atoms with Crippen LogP contribution >= 0.6 is 0 Å². The highest BCUT2D eigenvalue weighted by Crippen LogP contribution is 2.51. The number of hydrogen-bond donors (Lipinski definition) is 1. The van der Waals surface area contributed by atoms with Crippen LogP contribution in [0, 0.1) is 11.7 Å². The van der Waals surface area contributed by atoms with E-state index >= 15 is 0 Å². The van der Waals surface area contributed by atoms with E-state index in [0.29, 0.717) is 24.3 Å². The smallest absolute Gasteiger partial charge is 0.304 e. The Morgan fingerprint density at radius 1 is 1.24 bits per heavy atom. The van der Waals surface area contributed by atoms with Crippen LogP contribution in [0.4, 0.5) is 14.5 Å². The first-order chi connectivity index (χ1) is 15.9. The van der Waals surface area contributed by atoms with Crippen LogP contribution in [0.2, 0.25) is 0 Å². The molecular formula is C26H27F2NO4. The minimum absolute atomic E-state index is 0.0546. The number of β-lactam (4-membered cyclic amide) rings is 1. The number of benzene rings is 2. The number of rotatable bonds is 10. The molecule has 0 radical (unpaired) electrons. The Labute approximate surface area is 191 Å². The number of unbranched alkanes of at least 4 members (excludes halogenated alkanes) is 1. The van der Waals surface area contributed by atoms with Gasteiger partial charge in [-0.1, -0.05) is 24.3 Å². The molecule has 2 aliphatic heterocycles. The van der Waals surface area contributed by atoms with Gasteiger partial charge in [-0.05, 0) is 49.9 Å². The summed E-state index contributed by atoms with van der Waals surface area (Å²) in [6, 6.07) is 10.7. The minimum Gasteiger partial charge on any atom is -0.492 e. The lowest BCUT2D eigenvalue weighted by Gasteiger charge is -2.48. The molecule has 1 saturated heterocycles. The van der Waals surface area contributed by atoms with Gasteiger partial charge in [-0.3, -0.25) is 9.59 Å². The van der Waals surface area contributed by atoms with Crippen LogP contribution in [0.3, 0.4) is 0 Å². The number of para-hydroxylation sites is 1. The summed E-state index contributed by atoms with van der Waals surface area (Å²) in [7, 11) is 0. The van der Waals surface area contributed by atoms with Crippen molar-refractivity contribution in [1.82, 2.24) is 0 Å². The second-order valence-corrected chi connectivity index (χ2v) is 8.66. The van der Waals surface area contributed by atoms with E-state index in [1.54, 1.807) is 11.0 Å². The van der Waals surface area contributed by atoms with Crippen molar-refractivity contribution in [3.63, 3.8) is 0 Å². The molecule has 0 spiro atoms. The molecule has 1 N–H and O–H groups in total. The van der Waals surface area contributed by atoms with Crippen LogP contribution in [0.25, 0.3) is 0 Å². The lowest BCUT2D eigenvalue weighted by molar-refractivity contribution is -0.137. The Morgan fingerprint density at radius 2 is 1.97 bits per heavy atom. The summed E-state index contributed by atoms with van der Waals surface area (Å²) in [4.78, 5) is 26.0. The number of aliphatic carboxylic acids is 1. The molecular weight excluding hydrogens is 428 g/mol. The highest BCUT2D eigenvalue weighted by Gasteiger charge is 2.51. The van der Waals surface area contributed by atoms with E-state index in [9.17, 15) is 23.5 Å². The first-order valence-electron chi connectivity index (χ1n) is 11.2. The van der Waals surface area contributed by atoms with Gasteiger partial charge >= 0.3 is 5.97 Å². The summed E-state index contributed by atoms with van der Waals surface area (Å²) < 4.78 is 34.2. The summed E-state index contributed by atoms with van der Waals surface area (Å²) in [6.07, 6.45) is 2.38. The fourth-order valence-corrected chi connectivity index (χ4v) is 4.85. The third kappa shape index (κ3) is 4.63. The van der Waals surface area contributed by atoms with Gasteiger partial charge in [-0.2, -0.15) is 0 Å². The van der Waals surface area contributed by atoms with Gasteiger partial charge in [-0.15, -0.1) is 6.58 Å². The van der Waals surface area contributed by atoms with Crippen molar-refractivity contribution in [2.75, 3.05) is 11.5 Å². The largest absolute Gasteiger partial charge is 0.492 e. The zero-order chi connectivity index (χ0) is 23.5. The Balaban J connectivity index is 1.66. The monoisotopic (exact) mass is 455 g/mol. The van der Waals surface area contributed by atoms with Gasteiger partial charge in [0.2, 0.25) is 5.91 Å². The SMILES string of the molecule is C=CCCCC(F)CC1C(=O)N(c2ccc(F)cc2)[C@@H]1c1cccc2c1OCC2CC(=O)O. The molecule has 33 heavy (non-hydrogen) atoms. The maximum Gasteiger partial charge on any atom is 0.304 e. The molecule has 7 heteroatoms. The number of carboxylic acid groups (broad SMARTS) is 1. The number of halogens is 2. The molecule has 2 heterocycles. The highest BCUT2D eigenvalue weighted by atomic mass is 19.1. The molecule has 5 nitrogen and oxygen atoms in total. The molecule has 0 bridgehead atoms. The molecule has 174 valence electrons. The number of alkyl halides is 1. The fourth-order valence-electron chi connectivity index (χ4n) is 4.85. The number of carbonyl (C=O) groups excluding carboxylic acids is 1. The summed E-state index contributed by atoms with van der Waals surface area (Å²) in [5.41, 5.74) is 2.05. The van der Waals surface area contributed by atoms with Crippen molar-refractivity contribution in [2.45, 2.75) is 50.2 Å². The molecule has 2 aromatic rings. The Kier molecular flexibility index (Phi) is 6.77. The van der Waals surface area contributed by atoms with Gasteiger partial charge in [-0.25, -0.2) is 8.78 Å². The van der Waals surface area contributed by atoms with E-state index in [-0.39, 0.29) is 31.3 Å². The molecule has 0 aromatic heterocycles. The van der Waals surface area contributed by atoms with Gasteiger partial charge in [0, 0.05) is 22.7 Å². The molecule has 1 amide bonds. The van der Waals surface area contributed by atoms with E-state index in [1.165, 1.54) is 24.3 Å². The number of carboxylic acids is 1. The second-order valence-electron chi connectivity index (χ2n) is 8.66. The number of nitrogens with zero attached hydrogens (tertiary/aromatic N) is 1. The number of amides is 1. The third-order valence-corrected chi connectivity index (χ3v) is 6.44. The van der Waals surface area contributed by atoms with E-state index in [2.05, 4.69) is 6.58 Å². The second kappa shape index (κ2) is 9.73. The molecule has 0 aliphatic carbocycles. The van der Waals surface area contributed by atoms with Crippen molar-refractivity contribution < 1.29 is 28.2 Å². The standard InChI is InChI=1S/C26H27F2NO4/c1-2-3-4-6-18(28)14-22-24(29(26(22)32)19-11-9-17(27)10-12-19)21-8-5-7-20-16(13-23(30)31)15-33-25(20)21/h2,5,7-12,16,18,22,24H,1,3-4,6,13-15H2,(H,30,31)/t16?,18?,22?,24-/m1/s1. The van der Waals surface area contributed by atoms with Crippen molar-refractivity contribution in [3.8, 4) is 5.75 Å². The summed E-state index contributed by atoms with van der Waals surface area (Å²) in [6.45, 7) is 3.90. The van der Waals surface area contributed by atoms with Crippen LogP contribution in [-0.4, -0.2) is 29.8 Å². The highest BCUT2D eigenvalue weighted by molar-refractivity contribution is 6.03. The summed E-state index contributed by atoms with van der Waals surface area (Å²) in [5.74, 6) is -1.82. The zero-order valence-corrected chi connectivity index (χ0v) is 18.3. The molecule has 1 fully saturated rings. The normalized spacial score (nSPS) is 22.3. The molecule has 4 atom stereocenters. The van der Waals surface area contributed by atoms with E-state index in [4.69, 9.17) is 4.74 Å². The van der Waals surface area contributed by atoms with Crippen LogP contribution < -0.4 is 9.64 Å². The number of allylic oxidation sites excluding steroid dienone is 1. The summed E-state index contributed by atoms with van der Waals surface area (Å²) >= 11 is 0. The molecule has 2 aromatic carbocycles. The molecule has 3 unspecified atom stereocenters. The first kappa shape index (κ1) is 23.0. The van der Waals surface area contributed by atoms with Crippen LogP contribution in [0.1, 0.15) is 55.2 Å². The van der Waals surface area contributed by atoms with E-state index in [0.717, 1.165) is 17.5 Å².